The summed E-state index contributed by atoms with van der Waals surface area (Å²) in [6.45, 7) is 0.0651. The number of ether oxygens (including phenoxy) is 1. The number of amides is 1. The van der Waals surface area contributed by atoms with Crippen LogP contribution in [0.25, 0.3) is 0 Å². The lowest BCUT2D eigenvalue weighted by atomic mass is 10.3. The highest BCUT2D eigenvalue weighted by molar-refractivity contribution is 9.10. The minimum Gasteiger partial charge on any atom is -0.480 e. The Labute approximate surface area is 77.1 Å². The van der Waals surface area contributed by atoms with E-state index in [1.807, 2.05) is 0 Å². The third-order valence-corrected chi connectivity index (χ3v) is 2.04. The number of carbonyl (C=O) groups is 1. The van der Waals surface area contributed by atoms with Gasteiger partial charge in [0.1, 0.15) is 5.69 Å². The summed E-state index contributed by atoms with van der Waals surface area (Å²) in [7, 11) is 0. The molecular weight excluding hydrogens is 224 g/mol. The Kier molecular flexibility index (Phi) is 1.73. The predicted molar refractivity (Wildman–Crippen MR) is 46.1 cm³/mol. The van der Waals surface area contributed by atoms with Crippen molar-refractivity contribution in [3.63, 3.8) is 0 Å². The Morgan fingerprint density at radius 2 is 2.42 bits per heavy atom. The molecule has 2 heterocycles. The average molecular weight is 229 g/mol. The predicted octanol–water partition coefficient (Wildman–Crippen LogP) is 1.17. The van der Waals surface area contributed by atoms with E-state index in [0.717, 1.165) is 4.47 Å². The molecule has 62 valence electrons. The highest BCUT2D eigenvalue weighted by Crippen LogP contribution is 2.33. The van der Waals surface area contributed by atoms with Crippen LogP contribution in [-0.2, 0) is 4.79 Å². The minimum atomic E-state index is -0.151. The molecule has 0 bridgehead atoms. The summed E-state index contributed by atoms with van der Waals surface area (Å²) >= 11 is 3.26. The van der Waals surface area contributed by atoms with Crippen molar-refractivity contribution in [2.45, 2.75) is 0 Å². The highest BCUT2D eigenvalue weighted by atomic mass is 79.9. The number of nitrogens with one attached hydrogen (secondary N) is 1. The highest BCUT2D eigenvalue weighted by Gasteiger charge is 2.17. The van der Waals surface area contributed by atoms with E-state index in [2.05, 4.69) is 26.2 Å². The van der Waals surface area contributed by atoms with Crippen molar-refractivity contribution in [3.05, 3.63) is 16.9 Å². The molecule has 1 aromatic rings. The van der Waals surface area contributed by atoms with Gasteiger partial charge in [-0.3, -0.25) is 9.78 Å². The molecule has 1 aliphatic heterocycles. The Morgan fingerprint density at radius 1 is 1.58 bits per heavy atom. The van der Waals surface area contributed by atoms with Gasteiger partial charge in [-0.05, 0) is 15.9 Å². The van der Waals surface area contributed by atoms with E-state index in [4.69, 9.17) is 4.74 Å². The molecule has 2 rings (SSSR count). The number of anilines is 1. The van der Waals surface area contributed by atoms with Gasteiger partial charge in [0.2, 0.25) is 0 Å². The van der Waals surface area contributed by atoms with Crippen LogP contribution in [0.3, 0.4) is 0 Å². The zero-order valence-electron chi connectivity index (χ0n) is 6.00. The summed E-state index contributed by atoms with van der Waals surface area (Å²) in [5.74, 6) is 0.493. The number of nitrogens with zero attached hydrogens (tertiary/aromatic N) is 1. The molecule has 0 aliphatic carbocycles. The molecule has 4 nitrogen and oxygen atoms in total. The number of rotatable bonds is 0. The Balaban J connectivity index is 2.48. The van der Waals surface area contributed by atoms with Gasteiger partial charge in [0.25, 0.3) is 5.91 Å². The Bertz CT molecular complexity index is 340. The number of carbonyl (C=O) groups excluding carboxylic acids is 1. The summed E-state index contributed by atoms with van der Waals surface area (Å²) in [6.07, 6.45) is 3.17. The number of hydrogen-bond donors (Lipinski definition) is 1. The molecule has 12 heavy (non-hydrogen) atoms. The monoisotopic (exact) mass is 228 g/mol. The summed E-state index contributed by atoms with van der Waals surface area (Å²) in [5.41, 5.74) is 0.612. The van der Waals surface area contributed by atoms with Crippen molar-refractivity contribution >= 4 is 27.5 Å². The molecule has 1 N–H and O–H groups in total. The summed E-state index contributed by atoms with van der Waals surface area (Å²) in [5, 5.41) is 2.64. The largest absolute Gasteiger partial charge is 0.480 e. The van der Waals surface area contributed by atoms with Gasteiger partial charge in [0, 0.05) is 6.20 Å². The number of fused-ring (bicyclic) bond motifs is 1. The molecule has 0 spiro atoms. The second kappa shape index (κ2) is 2.75. The van der Waals surface area contributed by atoms with Crippen molar-refractivity contribution in [3.8, 4) is 5.75 Å². The maximum absolute atomic E-state index is 10.9. The van der Waals surface area contributed by atoms with Crippen LogP contribution in [0.1, 0.15) is 0 Å². The summed E-state index contributed by atoms with van der Waals surface area (Å²) in [4.78, 5) is 14.7. The molecule has 0 fully saturated rings. The van der Waals surface area contributed by atoms with Gasteiger partial charge in [0.15, 0.2) is 12.4 Å². The van der Waals surface area contributed by atoms with Crippen LogP contribution in [0.2, 0.25) is 0 Å². The number of halogens is 1. The fourth-order valence-corrected chi connectivity index (χ4v) is 1.43. The van der Waals surface area contributed by atoms with Gasteiger partial charge in [-0.2, -0.15) is 0 Å². The maximum atomic E-state index is 10.9. The van der Waals surface area contributed by atoms with Gasteiger partial charge in [0.05, 0.1) is 10.7 Å². The second-order valence-electron chi connectivity index (χ2n) is 2.33. The topological polar surface area (TPSA) is 51.2 Å². The smallest absolute Gasteiger partial charge is 0.262 e. The maximum Gasteiger partial charge on any atom is 0.262 e. The van der Waals surface area contributed by atoms with Gasteiger partial charge in [-0.1, -0.05) is 0 Å². The first-order valence-corrected chi connectivity index (χ1v) is 4.13. The van der Waals surface area contributed by atoms with E-state index in [1.54, 1.807) is 12.4 Å². The first-order valence-electron chi connectivity index (χ1n) is 3.33. The van der Waals surface area contributed by atoms with Gasteiger partial charge < -0.3 is 10.1 Å². The van der Waals surface area contributed by atoms with Crippen molar-refractivity contribution in [2.24, 2.45) is 0 Å². The van der Waals surface area contributed by atoms with E-state index in [-0.39, 0.29) is 12.5 Å². The first kappa shape index (κ1) is 7.54. The van der Waals surface area contributed by atoms with Crippen LogP contribution in [0, 0.1) is 0 Å². The molecule has 1 aliphatic rings. The van der Waals surface area contributed by atoms with Crippen molar-refractivity contribution < 1.29 is 9.53 Å². The summed E-state index contributed by atoms with van der Waals surface area (Å²) in [6, 6.07) is 0. The molecule has 0 unspecified atom stereocenters. The van der Waals surface area contributed by atoms with Gasteiger partial charge >= 0.3 is 0 Å². The molecule has 0 aromatic carbocycles. The minimum absolute atomic E-state index is 0.0651. The quantitative estimate of drug-likeness (QED) is 0.726. The second-order valence-corrected chi connectivity index (χ2v) is 3.19. The van der Waals surface area contributed by atoms with Crippen LogP contribution >= 0.6 is 15.9 Å². The van der Waals surface area contributed by atoms with E-state index in [0.29, 0.717) is 11.4 Å². The number of aromatic nitrogens is 1. The molecule has 1 amide bonds. The lowest BCUT2D eigenvalue weighted by Crippen LogP contribution is -2.25. The van der Waals surface area contributed by atoms with E-state index < -0.39 is 0 Å². The Hall–Kier alpha value is -1.10. The molecule has 0 saturated carbocycles. The Morgan fingerprint density at radius 3 is 3.25 bits per heavy atom. The first-order chi connectivity index (χ1) is 5.77. The third kappa shape index (κ3) is 1.16. The van der Waals surface area contributed by atoms with Gasteiger partial charge in [-0.15, -0.1) is 0 Å². The number of hydrogen-bond acceptors (Lipinski definition) is 3. The number of pyridine rings is 1. The molecule has 1 aromatic heterocycles. The average Bonchev–Trinajstić information content (AvgIpc) is 2.04. The van der Waals surface area contributed by atoms with Crippen LogP contribution in [0.5, 0.6) is 5.75 Å². The van der Waals surface area contributed by atoms with E-state index in [9.17, 15) is 4.79 Å². The van der Waals surface area contributed by atoms with Crippen LogP contribution in [0.15, 0.2) is 16.9 Å². The molecular formula is C7H5BrN2O2. The molecule has 0 atom stereocenters. The summed E-state index contributed by atoms with van der Waals surface area (Å²) < 4.78 is 5.92. The lowest BCUT2D eigenvalue weighted by molar-refractivity contribution is -0.118. The van der Waals surface area contributed by atoms with Crippen molar-refractivity contribution in [1.29, 1.82) is 0 Å². The standard InChI is InChI=1S/C7H5BrN2O2/c8-4-1-9-2-5-7(4)12-3-6(11)10-5/h1-2H,3H2,(H,10,11). The van der Waals surface area contributed by atoms with Crippen LogP contribution in [-0.4, -0.2) is 17.5 Å². The van der Waals surface area contributed by atoms with Crippen molar-refractivity contribution in [1.82, 2.24) is 4.98 Å². The molecule has 0 saturated heterocycles. The van der Waals surface area contributed by atoms with E-state index in [1.165, 1.54) is 0 Å². The van der Waals surface area contributed by atoms with E-state index >= 15 is 0 Å². The van der Waals surface area contributed by atoms with Gasteiger partial charge in [-0.25, -0.2) is 0 Å². The van der Waals surface area contributed by atoms with Crippen molar-refractivity contribution in [2.75, 3.05) is 11.9 Å². The third-order valence-electron chi connectivity index (χ3n) is 1.47. The molecule has 5 heteroatoms. The normalized spacial score (nSPS) is 14.6. The fourth-order valence-electron chi connectivity index (χ4n) is 0.983. The lowest BCUT2D eigenvalue weighted by Gasteiger charge is -2.17. The fraction of sp³-hybridized carbons (Fsp3) is 0.143. The molecule has 0 radical (unpaired) electrons. The SMILES string of the molecule is O=C1COc2c(Br)cncc2N1. The van der Waals surface area contributed by atoms with Crippen LogP contribution < -0.4 is 10.1 Å². The zero-order valence-corrected chi connectivity index (χ0v) is 7.59. The zero-order chi connectivity index (χ0) is 8.55. The van der Waals surface area contributed by atoms with Crippen LogP contribution in [0.4, 0.5) is 5.69 Å².